The first-order chi connectivity index (χ1) is 16.7. The fourth-order valence-corrected chi connectivity index (χ4v) is 6.18. The summed E-state index contributed by atoms with van der Waals surface area (Å²) in [5, 5.41) is 1.01. The SMILES string of the molecule is Cc1ccc([C@@H]([C@H](CS(=O)(=O)c2ccc(Cl)cc2)c2ccc(Cl)cc2)n2c(C)cccc2=O)cc1. The van der Waals surface area contributed by atoms with E-state index in [4.69, 9.17) is 23.2 Å². The maximum atomic E-state index is 13.6. The van der Waals surface area contributed by atoms with Crippen LogP contribution in [0.1, 0.15) is 34.3 Å². The lowest BCUT2D eigenvalue weighted by molar-refractivity contribution is 0.473. The van der Waals surface area contributed by atoms with Crippen molar-refractivity contribution in [1.82, 2.24) is 4.57 Å². The molecule has 7 heteroatoms. The first-order valence-electron chi connectivity index (χ1n) is 11.1. The maximum absolute atomic E-state index is 13.6. The Bertz CT molecular complexity index is 1480. The molecule has 4 aromatic rings. The zero-order valence-corrected chi connectivity index (χ0v) is 21.7. The van der Waals surface area contributed by atoms with Crippen LogP contribution >= 0.6 is 23.2 Å². The van der Waals surface area contributed by atoms with Gasteiger partial charge in [-0.3, -0.25) is 4.79 Å². The van der Waals surface area contributed by atoms with Crippen LogP contribution in [-0.4, -0.2) is 18.7 Å². The van der Waals surface area contributed by atoms with Crippen LogP contribution in [0.15, 0.2) is 101 Å². The third-order valence-corrected chi connectivity index (χ3v) is 8.43. The fourth-order valence-electron chi connectivity index (χ4n) is 4.34. The molecule has 3 aromatic carbocycles. The van der Waals surface area contributed by atoms with Crippen LogP contribution in [0.2, 0.25) is 10.0 Å². The van der Waals surface area contributed by atoms with Crippen molar-refractivity contribution >= 4 is 33.0 Å². The molecule has 0 fully saturated rings. The predicted octanol–water partition coefficient (Wildman–Crippen LogP) is 6.62. The minimum Gasteiger partial charge on any atom is -0.305 e. The quantitative estimate of drug-likeness (QED) is 0.272. The van der Waals surface area contributed by atoms with Crippen molar-refractivity contribution in [2.45, 2.75) is 30.7 Å². The van der Waals surface area contributed by atoms with E-state index in [0.717, 1.165) is 22.4 Å². The lowest BCUT2D eigenvalue weighted by Crippen LogP contribution is -2.33. The molecule has 2 atom stereocenters. The topological polar surface area (TPSA) is 56.1 Å². The summed E-state index contributed by atoms with van der Waals surface area (Å²) < 4.78 is 28.9. The second-order valence-corrected chi connectivity index (χ2v) is 11.5. The van der Waals surface area contributed by atoms with Gasteiger partial charge in [0.1, 0.15) is 0 Å². The first-order valence-corrected chi connectivity index (χ1v) is 13.5. The van der Waals surface area contributed by atoms with Crippen LogP contribution in [0, 0.1) is 13.8 Å². The minimum atomic E-state index is -3.74. The van der Waals surface area contributed by atoms with Gasteiger partial charge >= 0.3 is 0 Å². The summed E-state index contributed by atoms with van der Waals surface area (Å²) in [6.45, 7) is 3.84. The molecular weight excluding hydrogens is 501 g/mol. The Morgan fingerprint density at radius 3 is 1.86 bits per heavy atom. The van der Waals surface area contributed by atoms with E-state index in [0.29, 0.717) is 10.0 Å². The first kappa shape index (κ1) is 25.2. The summed E-state index contributed by atoms with van der Waals surface area (Å²) in [6, 6.07) is 25.6. The standard InChI is InChI=1S/C28H25Cl2NO3S/c1-19-6-8-22(9-7-19)28(31-20(2)4-3-5-27(31)32)26(21-10-12-23(29)13-11-21)18-35(33,34)25-16-14-24(30)15-17-25/h3-17,26,28H,18H2,1-2H3/t26-,28+/m1/s1. The average molecular weight is 526 g/mol. The molecule has 35 heavy (non-hydrogen) atoms. The largest absolute Gasteiger partial charge is 0.305 e. The van der Waals surface area contributed by atoms with E-state index < -0.39 is 21.8 Å². The van der Waals surface area contributed by atoms with Crippen LogP contribution < -0.4 is 5.56 Å². The van der Waals surface area contributed by atoms with Gasteiger partial charge in [-0.2, -0.15) is 0 Å². The van der Waals surface area contributed by atoms with E-state index in [1.807, 2.05) is 56.3 Å². The molecule has 0 bridgehead atoms. The highest BCUT2D eigenvalue weighted by atomic mass is 35.5. The van der Waals surface area contributed by atoms with Crippen molar-refractivity contribution in [1.29, 1.82) is 0 Å². The monoisotopic (exact) mass is 525 g/mol. The smallest absolute Gasteiger partial charge is 0.251 e. The molecule has 0 saturated heterocycles. The normalized spacial score (nSPS) is 13.4. The molecule has 0 radical (unpaired) electrons. The Morgan fingerprint density at radius 2 is 1.29 bits per heavy atom. The number of aromatic nitrogens is 1. The lowest BCUT2D eigenvalue weighted by Gasteiger charge is -2.31. The van der Waals surface area contributed by atoms with Gasteiger partial charge in [0.2, 0.25) is 0 Å². The van der Waals surface area contributed by atoms with Crippen LogP contribution in [0.25, 0.3) is 0 Å². The molecule has 0 saturated carbocycles. The molecule has 180 valence electrons. The Hall–Kier alpha value is -2.86. The minimum absolute atomic E-state index is 0.181. The number of halogens is 2. The summed E-state index contributed by atoms with van der Waals surface area (Å²) in [6.07, 6.45) is 0. The summed E-state index contributed by atoms with van der Waals surface area (Å²) in [5.74, 6) is -0.787. The van der Waals surface area contributed by atoms with Gasteiger partial charge in [0.15, 0.2) is 9.84 Å². The van der Waals surface area contributed by atoms with E-state index in [1.165, 1.54) is 18.2 Å². The zero-order chi connectivity index (χ0) is 25.2. The summed E-state index contributed by atoms with van der Waals surface area (Å²) in [5.41, 5.74) is 3.23. The van der Waals surface area contributed by atoms with Crippen molar-refractivity contribution in [3.8, 4) is 0 Å². The number of benzene rings is 3. The molecule has 4 nitrogen and oxygen atoms in total. The summed E-state index contributed by atoms with van der Waals surface area (Å²) in [4.78, 5) is 13.3. The Morgan fingerprint density at radius 1 is 0.743 bits per heavy atom. The van der Waals surface area contributed by atoms with E-state index >= 15 is 0 Å². The second kappa shape index (κ2) is 10.4. The molecule has 0 amide bonds. The predicted molar refractivity (Wildman–Crippen MR) is 142 cm³/mol. The number of rotatable bonds is 7. The van der Waals surface area contributed by atoms with Gasteiger partial charge in [-0.15, -0.1) is 0 Å². The van der Waals surface area contributed by atoms with Gasteiger partial charge in [0.05, 0.1) is 16.7 Å². The number of hydrogen-bond donors (Lipinski definition) is 0. The number of nitrogens with zero attached hydrogens (tertiary/aromatic N) is 1. The summed E-state index contributed by atoms with van der Waals surface area (Å²) in [7, 11) is -3.74. The van der Waals surface area contributed by atoms with Gasteiger partial charge in [-0.25, -0.2) is 8.42 Å². The van der Waals surface area contributed by atoms with Crippen LogP contribution in [0.4, 0.5) is 0 Å². The van der Waals surface area contributed by atoms with Crippen LogP contribution in [0.5, 0.6) is 0 Å². The molecular formula is C28H25Cl2NO3S. The highest BCUT2D eigenvalue weighted by Gasteiger charge is 2.33. The van der Waals surface area contributed by atoms with Crippen molar-refractivity contribution < 1.29 is 8.42 Å². The molecule has 0 N–H and O–H groups in total. The van der Waals surface area contributed by atoms with Gasteiger partial charge in [0.25, 0.3) is 5.56 Å². The molecule has 1 aromatic heterocycles. The van der Waals surface area contributed by atoms with Crippen molar-refractivity contribution in [3.05, 3.63) is 134 Å². The summed E-state index contributed by atoms with van der Waals surface area (Å²) >= 11 is 12.1. The second-order valence-electron chi connectivity index (χ2n) is 8.62. The highest BCUT2D eigenvalue weighted by molar-refractivity contribution is 7.91. The van der Waals surface area contributed by atoms with Gasteiger partial charge in [-0.1, -0.05) is 71.2 Å². The van der Waals surface area contributed by atoms with Crippen LogP contribution in [0.3, 0.4) is 0 Å². The molecule has 0 unspecified atom stereocenters. The van der Waals surface area contributed by atoms with E-state index in [2.05, 4.69) is 0 Å². The fraction of sp³-hybridized carbons (Fsp3) is 0.179. The Balaban J connectivity index is 1.94. The molecule has 0 aliphatic heterocycles. The van der Waals surface area contributed by atoms with E-state index in [9.17, 15) is 13.2 Å². The molecule has 0 aliphatic rings. The highest BCUT2D eigenvalue weighted by Crippen LogP contribution is 2.37. The Kier molecular flexibility index (Phi) is 7.50. The number of pyridine rings is 1. The number of aryl methyl sites for hydroxylation is 2. The zero-order valence-electron chi connectivity index (χ0n) is 19.4. The van der Waals surface area contributed by atoms with Crippen LogP contribution in [-0.2, 0) is 9.84 Å². The molecule has 4 rings (SSSR count). The maximum Gasteiger partial charge on any atom is 0.251 e. The number of hydrogen-bond acceptors (Lipinski definition) is 3. The molecule has 1 heterocycles. The Labute approximate surface area is 215 Å². The molecule has 0 spiro atoms. The number of sulfone groups is 1. The average Bonchev–Trinajstić information content (AvgIpc) is 2.82. The van der Waals surface area contributed by atoms with Crippen molar-refractivity contribution in [2.24, 2.45) is 0 Å². The molecule has 0 aliphatic carbocycles. The van der Waals surface area contributed by atoms with Crippen molar-refractivity contribution in [3.63, 3.8) is 0 Å². The van der Waals surface area contributed by atoms with E-state index in [1.54, 1.807) is 34.9 Å². The third kappa shape index (κ3) is 5.69. The third-order valence-electron chi connectivity index (χ3n) is 6.14. The van der Waals surface area contributed by atoms with Gasteiger partial charge in [0, 0.05) is 27.7 Å². The van der Waals surface area contributed by atoms with Gasteiger partial charge in [-0.05, 0) is 67.4 Å². The lowest BCUT2D eigenvalue weighted by atomic mass is 9.87. The van der Waals surface area contributed by atoms with E-state index in [-0.39, 0.29) is 16.2 Å². The van der Waals surface area contributed by atoms with Gasteiger partial charge < -0.3 is 4.57 Å². The van der Waals surface area contributed by atoms with Crippen molar-refractivity contribution in [2.75, 3.05) is 5.75 Å².